The molecule has 2 aliphatic heterocycles. The van der Waals surface area contributed by atoms with Crippen LogP contribution in [0.2, 0.25) is 5.15 Å². The molecule has 0 aromatic carbocycles. The Kier molecular flexibility index (Phi) is 2.58. The topological polar surface area (TPSA) is 38.2 Å². The summed E-state index contributed by atoms with van der Waals surface area (Å²) in [6, 6.07) is 2.42. The molecule has 0 unspecified atom stereocenters. The van der Waals surface area contributed by atoms with Crippen LogP contribution in [0.25, 0.3) is 0 Å². The van der Waals surface area contributed by atoms with Gasteiger partial charge in [0.25, 0.3) is 0 Å². The Bertz CT molecular complexity index is 471. The molecule has 0 spiro atoms. The molecule has 5 heteroatoms. The maximum absolute atomic E-state index is 5.93. The smallest absolute Gasteiger partial charge is 0.134 e. The lowest BCUT2D eigenvalue weighted by molar-refractivity contribution is -0.104. The molecule has 18 heavy (non-hydrogen) atoms. The van der Waals surface area contributed by atoms with E-state index in [1.807, 2.05) is 6.07 Å². The second-order valence-electron chi connectivity index (χ2n) is 5.88. The van der Waals surface area contributed by atoms with Gasteiger partial charge < -0.3 is 9.64 Å². The van der Waals surface area contributed by atoms with Crippen molar-refractivity contribution in [2.75, 3.05) is 18.6 Å². The minimum absolute atomic E-state index is 0.0882. The third-order valence-electron chi connectivity index (χ3n) is 4.87. The van der Waals surface area contributed by atoms with Gasteiger partial charge in [-0.25, -0.2) is 9.97 Å². The lowest BCUT2D eigenvalue weighted by Crippen LogP contribution is -2.51. The molecule has 1 aromatic rings. The highest BCUT2D eigenvalue weighted by Gasteiger charge is 2.62. The summed E-state index contributed by atoms with van der Waals surface area (Å²) < 4.78 is 5.68. The third-order valence-corrected chi connectivity index (χ3v) is 5.07. The minimum atomic E-state index is -0.0882. The quantitative estimate of drug-likeness (QED) is 0.789. The number of hydrogen-bond acceptors (Lipinski definition) is 4. The van der Waals surface area contributed by atoms with Gasteiger partial charge in [0.2, 0.25) is 0 Å². The minimum Gasteiger partial charge on any atom is -0.378 e. The van der Waals surface area contributed by atoms with Gasteiger partial charge in [-0.1, -0.05) is 11.6 Å². The van der Waals surface area contributed by atoms with Crippen LogP contribution in [-0.2, 0) is 4.74 Å². The number of aromatic nitrogens is 2. The maximum Gasteiger partial charge on any atom is 0.134 e. The highest BCUT2D eigenvalue weighted by molar-refractivity contribution is 6.29. The first-order chi connectivity index (χ1) is 8.47. The molecule has 3 aliphatic rings. The monoisotopic (exact) mass is 267 g/mol. The van der Waals surface area contributed by atoms with Crippen molar-refractivity contribution in [3.05, 3.63) is 17.5 Å². The number of methoxy groups -OCH3 is 1. The van der Waals surface area contributed by atoms with E-state index in [0.29, 0.717) is 11.2 Å². The average Bonchev–Trinajstić information content (AvgIpc) is 2.84. The SMILES string of the molecule is COC(C)(C)C12CC(C1)N(c1cc(Cl)ncn1)C2. The fraction of sp³-hybridized carbons (Fsp3) is 0.692. The molecule has 3 heterocycles. The predicted octanol–water partition coefficient (Wildman–Crippen LogP) is 2.52. The Hall–Kier alpha value is -0.870. The van der Waals surface area contributed by atoms with E-state index in [2.05, 4.69) is 28.7 Å². The van der Waals surface area contributed by atoms with Crippen molar-refractivity contribution in [3.63, 3.8) is 0 Å². The number of ether oxygens (including phenoxy) is 1. The van der Waals surface area contributed by atoms with Gasteiger partial charge in [0.1, 0.15) is 17.3 Å². The van der Waals surface area contributed by atoms with Crippen LogP contribution in [0.3, 0.4) is 0 Å². The largest absolute Gasteiger partial charge is 0.378 e. The van der Waals surface area contributed by atoms with Crippen LogP contribution >= 0.6 is 11.6 Å². The number of nitrogens with zero attached hydrogens (tertiary/aromatic N) is 3. The Morgan fingerprint density at radius 2 is 2.17 bits per heavy atom. The van der Waals surface area contributed by atoms with Crippen LogP contribution in [0.1, 0.15) is 26.7 Å². The fourth-order valence-electron chi connectivity index (χ4n) is 3.29. The molecule has 98 valence electrons. The fourth-order valence-corrected chi connectivity index (χ4v) is 3.44. The highest BCUT2D eigenvalue weighted by atomic mass is 35.5. The van der Waals surface area contributed by atoms with Crippen molar-refractivity contribution in [3.8, 4) is 0 Å². The zero-order chi connectivity index (χ0) is 13.0. The number of anilines is 1. The number of fused-ring (bicyclic) bond motifs is 1. The van der Waals surface area contributed by atoms with Crippen molar-refractivity contribution in [1.82, 2.24) is 9.97 Å². The van der Waals surface area contributed by atoms with Gasteiger partial charge in [-0.15, -0.1) is 0 Å². The Labute approximate surface area is 112 Å². The second kappa shape index (κ2) is 3.81. The van der Waals surface area contributed by atoms with Crippen LogP contribution in [0.5, 0.6) is 0 Å². The lowest BCUT2D eigenvalue weighted by Gasteiger charge is -2.47. The van der Waals surface area contributed by atoms with E-state index >= 15 is 0 Å². The first-order valence-corrected chi connectivity index (χ1v) is 6.65. The molecule has 1 aliphatic carbocycles. The molecule has 1 aromatic heterocycles. The summed E-state index contributed by atoms with van der Waals surface area (Å²) in [5, 5.41) is 0.504. The van der Waals surface area contributed by atoms with Crippen LogP contribution in [0.4, 0.5) is 5.82 Å². The van der Waals surface area contributed by atoms with E-state index in [4.69, 9.17) is 16.3 Å². The van der Waals surface area contributed by atoms with E-state index in [-0.39, 0.29) is 11.0 Å². The number of hydrogen-bond donors (Lipinski definition) is 0. The number of rotatable bonds is 3. The second-order valence-corrected chi connectivity index (χ2v) is 6.27. The molecule has 4 rings (SSSR count). The maximum atomic E-state index is 5.93. The Balaban J connectivity index is 1.85. The predicted molar refractivity (Wildman–Crippen MR) is 70.9 cm³/mol. The van der Waals surface area contributed by atoms with Gasteiger partial charge in [0, 0.05) is 31.2 Å². The molecular weight excluding hydrogens is 250 g/mol. The van der Waals surface area contributed by atoms with Crippen molar-refractivity contribution in [2.24, 2.45) is 5.41 Å². The van der Waals surface area contributed by atoms with Crippen molar-refractivity contribution in [1.29, 1.82) is 0 Å². The zero-order valence-corrected chi connectivity index (χ0v) is 11.7. The van der Waals surface area contributed by atoms with E-state index in [1.54, 1.807) is 7.11 Å². The molecule has 0 amide bonds. The summed E-state index contributed by atoms with van der Waals surface area (Å²) in [5.74, 6) is 0.936. The van der Waals surface area contributed by atoms with E-state index < -0.39 is 0 Å². The van der Waals surface area contributed by atoms with E-state index in [0.717, 1.165) is 12.4 Å². The summed E-state index contributed by atoms with van der Waals surface area (Å²) in [7, 11) is 1.80. The summed E-state index contributed by atoms with van der Waals surface area (Å²) in [4.78, 5) is 10.6. The van der Waals surface area contributed by atoms with Crippen LogP contribution < -0.4 is 4.90 Å². The Morgan fingerprint density at radius 3 is 2.78 bits per heavy atom. The number of halogens is 1. The van der Waals surface area contributed by atoms with Crippen LogP contribution in [0.15, 0.2) is 12.4 Å². The first kappa shape index (κ1) is 12.2. The molecule has 2 saturated heterocycles. The first-order valence-electron chi connectivity index (χ1n) is 6.27. The normalized spacial score (nSPS) is 30.4. The summed E-state index contributed by atoms with van der Waals surface area (Å²) in [5.41, 5.74) is 0.166. The summed E-state index contributed by atoms with van der Waals surface area (Å²) >= 11 is 5.93. The molecule has 0 radical (unpaired) electrons. The lowest BCUT2D eigenvalue weighted by atomic mass is 9.61. The molecule has 0 N–H and O–H groups in total. The highest BCUT2D eigenvalue weighted by Crippen LogP contribution is 2.59. The molecule has 1 saturated carbocycles. The van der Waals surface area contributed by atoms with E-state index in [9.17, 15) is 0 Å². The van der Waals surface area contributed by atoms with Gasteiger partial charge in [-0.2, -0.15) is 0 Å². The van der Waals surface area contributed by atoms with Crippen molar-refractivity contribution < 1.29 is 4.74 Å². The molecular formula is C13H18ClN3O. The summed E-state index contributed by atoms with van der Waals surface area (Å²) in [6.45, 7) is 5.35. The van der Waals surface area contributed by atoms with Gasteiger partial charge in [0.15, 0.2) is 0 Å². The standard InChI is InChI=1S/C13H18ClN3O/c1-12(2,18-3)13-5-9(6-13)17(7-13)11-4-10(14)15-8-16-11/h4,8-9H,5-7H2,1-3H3. The molecule has 2 bridgehead atoms. The van der Waals surface area contributed by atoms with Crippen LogP contribution in [0, 0.1) is 5.41 Å². The third kappa shape index (κ3) is 1.55. The average molecular weight is 268 g/mol. The molecule has 3 fully saturated rings. The van der Waals surface area contributed by atoms with Gasteiger partial charge >= 0.3 is 0 Å². The summed E-state index contributed by atoms with van der Waals surface area (Å²) in [6.07, 6.45) is 3.88. The van der Waals surface area contributed by atoms with Gasteiger partial charge in [-0.3, -0.25) is 0 Å². The van der Waals surface area contributed by atoms with Crippen molar-refractivity contribution >= 4 is 17.4 Å². The van der Waals surface area contributed by atoms with E-state index in [1.165, 1.54) is 19.2 Å². The van der Waals surface area contributed by atoms with Gasteiger partial charge in [0.05, 0.1) is 5.60 Å². The Morgan fingerprint density at radius 1 is 1.44 bits per heavy atom. The van der Waals surface area contributed by atoms with Crippen molar-refractivity contribution in [2.45, 2.75) is 38.3 Å². The zero-order valence-electron chi connectivity index (χ0n) is 11.0. The molecule has 0 atom stereocenters. The van der Waals surface area contributed by atoms with Gasteiger partial charge in [-0.05, 0) is 26.7 Å². The molecule has 4 nitrogen and oxygen atoms in total. The van der Waals surface area contributed by atoms with Crippen LogP contribution in [-0.4, -0.2) is 35.3 Å².